The standard InChI is InChI=1S/C12H24O5Si/c1-5-16-18(4,17-6-2)11-7-9-15-12(13)8-10-14-3/h8,10H,5-7,9,11H2,1-4H3. The van der Waals surface area contributed by atoms with Gasteiger partial charge < -0.3 is 18.3 Å². The Bertz CT molecular complexity index is 249. The predicted octanol–water partition coefficient (Wildman–Crippen LogP) is 2.22. The quantitative estimate of drug-likeness (QED) is 0.201. The Kier molecular flexibility index (Phi) is 9.63. The minimum absolute atomic E-state index is 0.371. The average Bonchev–Trinajstić information content (AvgIpc) is 2.33. The van der Waals surface area contributed by atoms with Crippen molar-refractivity contribution < 1.29 is 23.1 Å². The van der Waals surface area contributed by atoms with E-state index < -0.39 is 14.5 Å². The Labute approximate surface area is 110 Å². The third-order valence-corrected chi connectivity index (χ3v) is 5.32. The van der Waals surface area contributed by atoms with Gasteiger partial charge in [-0.15, -0.1) is 0 Å². The number of rotatable bonds is 10. The summed E-state index contributed by atoms with van der Waals surface area (Å²) < 4.78 is 21.0. The minimum atomic E-state index is -2.08. The van der Waals surface area contributed by atoms with Crippen LogP contribution in [0.1, 0.15) is 20.3 Å². The van der Waals surface area contributed by atoms with Gasteiger partial charge in [-0.2, -0.15) is 0 Å². The van der Waals surface area contributed by atoms with Crippen LogP contribution in [0, 0.1) is 0 Å². The summed E-state index contributed by atoms with van der Waals surface area (Å²) in [6.45, 7) is 7.63. The second-order valence-corrected chi connectivity index (χ2v) is 7.15. The topological polar surface area (TPSA) is 54.0 Å². The van der Waals surface area contributed by atoms with Crippen molar-refractivity contribution in [1.82, 2.24) is 0 Å². The monoisotopic (exact) mass is 276 g/mol. The van der Waals surface area contributed by atoms with Crippen LogP contribution < -0.4 is 0 Å². The fraction of sp³-hybridized carbons (Fsp3) is 0.750. The van der Waals surface area contributed by atoms with Gasteiger partial charge in [0.2, 0.25) is 0 Å². The highest BCUT2D eigenvalue weighted by Crippen LogP contribution is 2.15. The average molecular weight is 276 g/mol. The third kappa shape index (κ3) is 8.27. The van der Waals surface area contributed by atoms with Gasteiger partial charge in [0.1, 0.15) is 0 Å². The fourth-order valence-electron chi connectivity index (χ4n) is 1.53. The molecule has 18 heavy (non-hydrogen) atoms. The minimum Gasteiger partial charge on any atom is -0.504 e. The molecule has 0 fully saturated rings. The van der Waals surface area contributed by atoms with Gasteiger partial charge in [-0.05, 0) is 32.9 Å². The maximum atomic E-state index is 11.1. The summed E-state index contributed by atoms with van der Waals surface area (Å²) in [5, 5.41) is 0. The molecule has 0 spiro atoms. The molecule has 0 radical (unpaired) electrons. The van der Waals surface area contributed by atoms with Crippen LogP contribution in [0.4, 0.5) is 0 Å². The van der Waals surface area contributed by atoms with Crippen LogP contribution in [-0.2, 0) is 23.1 Å². The van der Waals surface area contributed by atoms with Crippen molar-refractivity contribution >= 4 is 14.5 Å². The Morgan fingerprint density at radius 2 is 1.83 bits per heavy atom. The van der Waals surface area contributed by atoms with E-state index in [9.17, 15) is 4.79 Å². The molecule has 0 atom stereocenters. The van der Waals surface area contributed by atoms with Crippen molar-refractivity contribution in [2.24, 2.45) is 0 Å². The Morgan fingerprint density at radius 1 is 1.22 bits per heavy atom. The first kappa shape index (κ1) is 17.1. The first-order chi connectivity index (χ1) is 8.58. The van der Waals surface area contributed by atoms with Gasteiger partial charge in [-0.3, -0.25) is 0 Å². The van der Waals surface area contributed by atoms with Gasteiger partial charge in [-0.1, -0.05) is 0 Å². The summed E-state index contributed by atoms with van der Waals surface area (Å²) in [6.07, 6.45) is 3.29. The second kappa shape index (κ2) is 10.1. The highest BCUT2D eigenvalue weighted by Gasteiger charge is 2.29. The normalized spacial score (nSPS) is 11.8. The van der Waals surface area contributed by atoms with Crippen LogP contribution in [0.15, 0.2) is 12.3 Å². The van der Waals surface area contributed by atoms with Gasteiger partial charge in [-0.25, -0.2) is 4.79 Å². The number of carbonyl (C=O) groups is 1. The number of esters is 1. The number of carbonyl (C=O) groups excluding carboxylic acids is 1. The van der Waals surface area contributed by atoms with E-state index in [1.807, 2.05) is 20.4 Å². The SMILES string of the molecule is CCO[Si](C)(CCCOC(=O)C=COC)OCC. The number of methoxy groups -OCH3 is 1. The van der Waals surface area contributed by atoms with Gasteiger partial charge >= 0.3 is 14.5 Å². The molecule has 6 heteroatoms. The molecule has 0 aromatic rings. The highest BCUT2D eigenvalue weighted by molar-refractivity contribution is 6.66. The Hall–Kier alpha value is -0.853. The van der Waals surface area contributed by atoms with Gasteiger partial charge in [0.25, 0.3) is 0 Å². The lowest BCUT2D eigenvalue weighted by molar-refractivity contribution is -0.137. The first-order valence-corrected chi connectivity index (χ1v) is 8.74. The van der Waals surface area contributed by atoms with Gasteiger partial charge in [0.15, 0.2) is 0 Å². The van der Waals surface area contributed by atoms with Crippen molar-refractivity contribution in [2.45, 2.75) is 32.9 Å². The Morgan fingerprint density at radius 3 is 2.33 bits per heavy atom. The second-order valence-electron chi connectivity index (χ2n) is 3.81. The maximum Gasteiger partial charge on any atom is 0.335 e. The smallest absolute Gasteiger partial charge is 0.335 e. The van der Waals surface area contributed by atoms with Gasteiger partial charge in [0.05, 0.1) is 26.1 Å². The van der Waals surface area contributed by atoms with E-state index in [2.05, 4.69) is 4.74 Å². The molecule has 0 heterocycles. The van der Waals surface area contributed by atoms with Crippen LogP contribution in [0.5, 0.6) is 0 Å². The summed E-state index contributed by atoms with van der Waals surface area (Å²) in [5.74, 6) is -0.395. The lowest BCUT2D eigenvalue weighted by Gasteiger charge is -2.25. The zero-order valence-electron chi connectivity index (χ0n) is 11.7. The summed E-state index contributed by atoms with van der Waals surface area (Å²) in [7, 11) is -0.604. The molecule has 0 aliphatic rings. The summed E-state index contributed by atoms with van der Waals surface area (Å²) in [5.41, 5.74) is 0. The molecule has 0 amide bonds. The third-order valence-electron chi connectivity index (χ3n) is 2.26. The molecule has 0 aromatic carbocycles. The number of hydrogen-bond acceptors (Lipinski definition) is 5. The van der Waals surface area contributed by atoms with E-state index in [1.165, 1.54) is 19.4 Å². The molecular weight excluding hydrogens is 252 g/mol. The molecule has 0 saturated carbocycles. The van der Waals surface area contributed by atoms with Crippen molar-refractivity contribution in [1.29, 1.82) is 0 Å². The van der Waals surface area contributed by atoms with Crippen LogP contribution in [0.2, 0.25) is 12.6 Å². The van der Waals surface area contributed by atoms with Crippen LogP contribution in [-0.4, -0.2) is 41.5 Å². The van der Waals surface area contributed by atoms with Crippen LogP contribution in [0.25, 0.3) is 0 Å². The lowest BCUT2D eigenvalue weighted by Crippen LogP contribution is -2.38. The van der Waals surface area contributed by atoms with E-state index in [0.717, 1.165) is 12.5 Å². The molecule has 106 valence electrons. The number of ether oxygens (including phenoxy) is 2. The van der Waals surface area contributed by atoms with E-state index in [-0.39, 0.29) is 0 Å². The summed E-state index contributed by atoms with van der Waals surface area (Å²) in [4.78, 5) is 11.1. The maximum absolute atomic E-state index is 11.1. The molecule has 0 N–H and O–H groups in total. The van der Waals surface area contributed by atoms with Crippen molar-refractivity contribution in [3.63, 3.8) is 0 Å². The van der Waals surface area contributed by atoms with Crippen molar-refractivity contribution in [3.05, 3.63) is 12.3 Å². The number of hydrogen-bond donors (Lipinski definition) is 0. The molecule has 5 nitrogen and oxygen atoms in total. The largest absolute Gasteiger partial charge is 0.504 e. The first-order valence-electron chi connectivity index (χ1n) is 6.22. The van der Waals surface area contributed by atoms with E-state index in [4.69, 9.17) is 13.6 Å². The summed E-state index contributed by atoms with van der Waals surface area (Å²) >= 11 is 0. The van der Waals surface area contributed by atoms with Crippen molar-refractivity contribution in [2.75, 3.05) is 26.9 Å². The molecular formula is C12H24O5Si. The lowest BCUT2D eigenvalue weighted by atomic mass is 10.5. The summed E-state index contributed by atoms with van der Waals surface area (Å²) in [6, 6.07) is 0.815. The zero-order chi connectivity index (χ0) is 13.9. The molecule has 0 aliphatic heterocycles. The van der Waals surface area contributed by atoms with E-state index >= 15 is 0 Å². The van der Waals surface area contributed by atoms with Crippen LogP contribution >= 0.6 is 0 Å². The van der Waals surface area contributed by atoms with Crippen molar-refractivity contribution in [3.8, 4) is 0 Å². The van der Waals surface area contributed by atoms with Gasteiger partial charge in [0, 0.05) is 13.2 Å². The molecule has 0 aliphatic carbocycles. The Balaban J connectivity index is 3.86. The van der Waals surface area contributed by atoms with E-state index in [0.29, 0.717) is 19.8 Å². The van der Waals surface area contributed by atoms with E-state index in [1.54, 1.807) is 0 Å². The highest BCUT2D eigenvalue weighted by atomic mass is 28.4. The van der Waals surface area contributed by atoms with Crippen LogP contribution in [0.3, 0.4) is 0 Å². The molecule has 0 aromatic heterocycles. The molecule has 0 rings (SSSR count). The molecule has 0 unspecified atom stereocenters. The molecule has 0 bridgehead atoms. The zero-order valence-corrected chi connectivity index (χ0v) is 12.7. The molecule has 0 saturated heterocycles. The predicted molar refractivity (Wildman–Crippen MR) is 71.4 cm³/mol. The fourth-order valence-corrected chi connectivity index (χ4v) is 3.91.